The van der Waals surface area contributed by atoms with Crippen molar-refractivity contribution in [1.82, 2.24) is 0 Å². The number of benzene rings is 2. The first-order chi connectivity index (χ1) is 11.0. The highest BCUT2D eigenvalue weighted by Crippen LogP contribution is 2.38. The van der Waals surface area contributed by atoms with E-state index in [2.05, 4.69) is 30.8 Å². The zero-order valence-corrected chi connectivity index (χ0v) is 14.5. The molecular formula is C19H22O3Si. The molecule has 0 radical (unpaired) electrons. The van der Waals surface area contributed by atoms with Gasteiger partial charge >= 0.3 is 5.97 Å². The van der Waals surface area contributed by atoms with Crippen LogP contribution in [-0.4, -0.2) is 31.9 Å². The van der Waals surface area contributed by atoms with E-state index in [4.69, 9.17) is 4.74 Å². The lowest BCUT2D eigenvalue weighted by atomic mass is 10.0. The van der Waals surface area contributed by atoms with Crippen molar-refractivity contribution in [3.05, 3.63) is 60.7 Å². The molecule has 0 amide bonds. The van der Waals surface area contributed by atoms with E-state index in [0.717, 1.165) is 0 Å². The van der Waals surface area contributed by atoms with Crippen molar-refractivity contribution in [3.63, 3.8) is 0 Å². The summed E-state index contributed by atoms with van der Waals surface area (Å²) in [5, 5.41) is 12.6. The number of aliphatic hydroxyl groups excluding tert-OH is 1. The summed E-state index contributed by atoms with van der Waals surface area (Å²) in [6, 6.07) is 20.4. The van der Waals surface area contributed by atoms with Crippen LogP contribution in [0.1, 0.15) is 6.92 Å². The molecule has 0 bridgehead atoms. The maximum atomic E-state index is 12.6. The standard InChI is InChI=1S/C19H22O3Si/c1-14(20)17-13-22-19(21)18(17)23(2,15-9-5-3-6-10-15)16-11-7-4-8-12-16/h3-12,14,17-18,20H,13H2,1-2H3. The second-order valence-electron chi connectivity index (χ2n) is 6.45. The molecule has 2 aromatic carbocycles. The SMILES string of the molecule is CC(O)C1COC(=O)C1[Si](C)(c1ccccc1)c1ccccc1. The zero-order valence-electron chi connectivity index (χ0n) is 13.5. The van der Waals surface area contributed by atoms with E-state index in [0.29, 0.717) is 6.61 Å². The molecule has 1 saturated heterocycles. The predicted molar refractivity (Wildman–Crippen MR) is 93.6 cm³/mol. The van der Waals surface area contributed by atoms with Crippen molar-refractivity contribution >= 4 is 24.4 Å². The molecular weight excluding hydrogens is 304 g/mol. The Morgan fingerprint density at radius 1 is 1.04 bits per heavy atom. The van der Waals surface area contributed by atoms with E-state index in [9.17, 15) is 9.90 Å². The smallest absolute Gasteiger partial charge is 0.307 e. The monoisotopic (exact) mass is 326 g/mol. The molecule has 1 heterocycles. The van der Waals surface area contributed by atoms with Crippen molar-refractivity contribution < 1.29 is 14.6 Å². The Morgan fingerprint density at radius 3 is 1.96 bits per heavy atom. The summed E-state index contributed by atoms with van der Waals surface area (Å²) in [7, 11) is -2.39. The predicted octanol–water partition coefficient (Wildman–Crippen LogP) is 1.80. The topological polar surface area (TPSA) is 46.5 Å². The summed E-state index contributed by atoms with van der Waals surface area (Å²) >= 11 is 0. The molecule has 0 aromatic heterocycles. The first-order valence-electron chi connectivity index (χ1n) is 8.01. The average molecular weight is 326 g/mol. The minimum atomic E-state index is -2.39. The fraction of sp³-hybridized carbons (Fsp3) is 0.316. The number of carbonyl (C=O) groups excluding carboxylic acids is 1. The number of rotatable bonds is 4. The Kier molecular flexibility index (Phi) is 4.37. The van der Waals surface area contributed by atoms with Gasteiger partial charge in [0.15, 0.2) is 0 Å². The third kappa shape index (κ3) is 2.73. The fourth-order valence-corrected chi connectivity index (χ4v) is 8.32. The van der Waals surface area contributed by atoms with Gasteiger partial charge in [0.05, 0.1) is 18.3 Å². The molecule has 0 spiro atoms. The van der Waals surface area contributed by atoms with Gasteiger partial charge in [-0.25, -0.2) is 0 Å². The first kappa shape index (κ1) is 16.0. The van der Waals surface area contributed by atoms with Crippen LogP contribution in [0.4, 0.5) is 0 Å². The second kappa shape index (κ2) is 6.30. The maximum Gasteiger partial charge on any atom is 0.307 e. The molecule has 1 aliphatic heterocycles. The summed E-state index contributed by atoms with van der Waals surface area (Å²) < 4.78 is 5.36. The summed E-state index contributed by atoms with van der Waals surface area (Å²) in [5.74, 6) is -0.322. The van der Waals surface area contributed by atoms with Gasteiger partial charge in [-0.1, -0.05) is 77.6 Å². The van der Waals surface area contributed by atoms with Crippen LogP contribution in [0.2, 0.25) is 12.1 Å². The van der Waals surface area contributed by atoms with Gasteiger partial charge in [0.25, 0.3) is 0 Å². The van der Waals surface area contributed by atoms with Gasteiger partial charge in [-0.2, -0.15) is 0 Å². The second-order valence-corrected chi connectivity index (χ2v) is 10.6. The highest BCUT2D eigenvalue weighted by molar-refractivity contribution is 7.04. The fourth-order valence-electron chi connectivity index (χ4n) is 3.72. The van der Waals surface area contributed by atoms with E-state index < -0.39 is 14.2 Å². The van der Waals surface area contributed by atoms with Crippen LogP contribution in [-0.2, 0) is 9.53 Å². The number of hydrogen-bond donors (Lipinski definition) is 1. The molecule has 3 rings (SSSR count). The summed E-state index contributed by atoms with van der Waals surface area (Å²) in [4.78, 5) is 12.6. The van der Waals surface area contributed by atoms with Gasteiger partial charge < -0.3 is 9.84 Å². The molecule has 1 aliphatic rings. The van der Waals surface area contributed by atoms with E-state index >= 15 is 0 Å². The van der Waals surface area contributed by atoms with Crippen molar-refractivity contribution in [3.8, 4) is 0 Å². The van der Waals surface area contributed by atoms with Crippen LogP contribution >= 0.6 is 0 Å². The molecule has 3 nitrogen and oxygen atoms in total. The van der Waals surface area contributed by atoms with E-state index in [1.807, 2.05) is 36.4 Å². The largest absolute Gasteiger partial charge is 0.465 e. The molecule has 3 unspecified atom stereocenters. The third-order valence-electron chi connectivity index (χ3n) is 5.09. The summed E-state index contributed by atoms with van der Waals surface area (Å²) in [6.45, 7) is 4.28. The maximum absolute atomic E-state index is 12.6. The Balaban J connectivity index is 2.18. The molecule has 120 valence electrons. The van der Waals surface area contributed by atoms with Crippen LogP contribution in [0, 0.1) is 5.92 Å². The highest BCUT2D eigenvalue weighted by Gasteiger charge is 2.53. The minimum absolute atomic E-state index is 0.153. The molecule has 1 fully saturated rings. The van der Waals surface area contributed by atoms with Crippen molar-refractivity contribution in [2.24, 2.45) is 5.92 Å². The van der Waals surface area contributed by atoms with Gasteiger partial charge in [-0.3, -0.25) is 4.79 Å². The van der Waals surface area contributed by atoms with Gasteiger partial charge in [-0.15, -0.1) is 0 Å². The minimum Gasteiger partial charge on any atom is -0.465 e. The number of ether oxygens (including phenoxy) is 1. The number of aliphatic hydroxyl groups is 1. The van der Waals surface area contributed by atoms with Gasteiger partial charge in [-0.05, 0) is 6.92 Å². The number of cyclic esters (lactones) is 1. The van der Waals surface area contributed by atoms with Crippen LogP contribution in [0.5, 0.6) is 0 Å². The molecule has 0 saturated carbocycles. The quantitative estimate of drug-likeness (QED) is 0.688. The van der Waals surface area contributed by atoms with Crippen LogP contribution < -0.4 is 10.4 Å². The van der Waals surface area contributed by atoms with Gasteiger partial charge in [0.1, 0.15) is 8.07 Å². The number of esters is 1. The Labute approximate surface area is 137 Å². The molecule has 23 heavy (non-hydrogen) atoms. The van der Waals surface area contributed by atoms with Gasteiger partial charge in [0, 0.05) is 5.92 Å². The lowest BCUT2D eigenvalue weighted by Crippen LogP contribution is -2.62. The molecule has 4 heteroatoms. The first-order valence-corrected chi connectivity index (χ1v) is 10.6. The van der Waals surface area contributed by atoms with Crippen LogP contribution in [0.25, 0.3) is 0 Å². The van der Waals surface area contributed by atoms with Crippen molar-refractivity contribution in [1.29, 1.82) is 0 Å². The van der Waals surface area contributed by atoms with E-state index in [-0.39, 0.29) is 17.4 Å². The van der Waals surface area contributed by atoms with Gasteiger partial charge in [0.2, 0.25) is 0 Å². The van der Waals surface area contributed by atoms with E-state index in [1.165, 1.54) is 10.4 Å². The Bertz CT molecular complexity index is 630. The molecule has 0 aliphatic carbocycles. The van der Waals surface area contributed by atoms with Crippen molar-refractivity contribution in [2.45, 2.75) is 25.1 Å². The third-order valence-corrected chi connectivity index (χ3v) is 10.1. The highest BCUT2D eigenvalue weighted by atomic mass is 28.3. The lowest BCUT2D eigenvalue weighted by molar-refractivity contribution is -0.138. The van der Waals surface area contributed by atoms with E-state index in [1.54, 1.807) is 6.92 Å². The molecule has 1 N–H and O–H groups in total. The number of hydrogen-bond acceptors (Lipinski definition) is 3. The van der Waals surface area contributed by atoms with Crippen LogP contribution in [0.3, 0.4) is 0 Å². The summed E-state index contributed by atoms with van der Waals surface area (Å²) in [6.07, 6.45) is -0.564. The molecule has 2 aromatic rings. The van der Waals surface area contributed by atoms with Crippen LogP contribution in [0.15, 0.2) is 60.7 Å². The average Bonchev–Trinajstić information content (AvgIpc) is 2.98. The summed E-state index contributed by atoms with van der Waals surface area (Å²) in [5.41, 5.74) is -0.271. The Hall–Kier alpha value is -1.91. The molecule has 3 atom stereocenters. The van der Waals surface area contributed by atoms with Crippen molar-refractivity contribution in [2.75, 3.05) is 6.61 Å². The number of carbonyl (C=O) groups is 1. The normalized spacial score (nSPS) is 22.7. The Morgan fingerprint density at radius 2 is 1.52 bits per heavy atom. The zero-order chi connectivity index (χ0) is 16.4. The lowest BCUT2D eigenvalue weighted by Gasteiger charge is -2.36.